The molecule has 1 aromatic heterocycles. The molecule has 0 aliphatic heterocycles. The van der Waals surface area contributed by atoms with Gasteiger partial charge in [-0.05, 0) is 39.3 Å². The normalized spacial score (nSPS) is 12.7. The number of rotatable bonds is 6. The first-order chi connectivity index (χ1) is 13.4. The van der Waals surface area contributed by atoms with Crippen LogP contribution in [-0.4, -0.2) is 32.8 Å². The number of nitrogens with zero attached hydrogens (tertiary/aromatic N) is 2. The van der Waals surface area contributed by atoms with E-state index in [4.69, 9.17) is 16.7 Å². The lowest BCUT2D eigenvalue weighted by molar-refractivity contribution is -0.275. The zero-order valence-electron chi connectivity index (χ0n) is 16.0. The summed E-state index contributed by atoms with van der Waals surface area (Å²) < 4.78 is 53.8. The molecule has 0 spiro atoms. The first kappa shape index (κ1) is 25.4. The van der Waals surface area contributed by atoms with Gasteiger partial charge in [-0.25, -0.2) is 9.37 Å². The van der Waals surface area contributed by atoms with Crippen LogP contribution in [0.5, 0.6) is 5.75 Å². The molecule has 0 aliphatic carbocycles. The number of para-hydroxylation sites is 1. The van der Waals surface area contributed by atoms with Gasteiger partial charge >= 0.3 is 6.36 Å². The van der Waals surface area contributed by atoms with E-state index in [9.17, 15) is 17.6 Å². The van der Waals surface area contributed by atoms with Gasteiger partial charge in [-0.3, -0.25) is 9.71 Å². The molecule has 0 fully saturated rings. The van der Waals surface area contributed by atoms with Crippen molar-refractivity contribution in [2.24, 2.45) is 0 Å². The molecule has 1 atom stereocenters. The minimum atomic E-state index is -4.85. The predicted molar refractivity (Wildman–Crippen MR) is 105 cm³/mol. The molecule has 0 amide bonds. The molecule has 11 heteroatoms. The summed E-state index contributed by atoms with van der Waals surface area (Å²) in [5.41, 5.74) is 0.681. The van der Waals surface area contributed by atoms with Gasteiger partial charge in [-0.2, -0.15) is 0 Å². The van der Waals surface area contributed by atoms with Gasteiger partial charge in [0.1, 0.15) is 0 Å². The molecular formula is C18H22ClF4N3O2S. The van der Waals surface area contributed by atoms with Crippen molar-refractivity contribution in [3.63, 3.8) is 0 Å². The Kier molecular flexibility index (Phi) is 10.1. The quantitative estimate of drug-likeness (QED) is 0.454. The monoisotopic (exact) mass is 455 g/mol. The minimum absolute atomic E-state index is 0.0786. The van der Waals surface area contributed by atoms with Crippen molar-refractivity contribution in [2.45, 2.75) is 44.3 Å². The molecule has 1 aromatic carbocycles. The van der Waals surface area contributed by atoms with Crippen molar-refractivity contribution >= 4 is 23.5 Å². The molecule has 1 unspecified atom stereocenters. The van der Waals surface area contributed by atoms with Crippen molar-refractivity contribution < 1.29 is 27.4 Å². The third kappa shape index (κ3) is 10.6. The van der Waals surface area contributed by atoms with E-state index in [2.05, 4.69) is 40.2 Å². The van der Waals surface area contributed by atoms with Crippen molar-refractivity contribution in [1.29, 1.82) is 0 Å². The van der Waals surface area contributed by atoms with Gasteiger partial charge < -0.3 is 9.84 Å². The van der Waals surface area contributed by atoms with Gasteiger partial charge in [0.25, 0.3) is 0 Å². The van der Waals surface area contributed by atoms with Crippen LogP contribution >= 0.6 is 23.5 Å². The van der Waals surface area contributed by atoms with E-state index in [1.165, 1.54) is 12.1 Å². The maximum atomic E-state index is 12.5. The Labute approximate surface area is 176 Å². The first-order valence-electron chi connectivity index (χ1n) is 8.44. The summed E-state index contributed by atoms with van der Waals surface area (Å²) in [4.78, 5) is 8.22. The third-order valence-electron chi connectivity index (χ3n) is 3.00. The highest BCUT2D eigenvalue weighted by molar-refractivity contribution is 7.98. The molecule has 0 saturated heterocycles. The summed E-state index contributed by atoms with van der Waals surface area (Å²) in [6, 6.07) is 4.23. The van der Waals surface area contributed by atoms with Gasteiger partial charge in [0, 0.05) is 23.7 Å². The zero-order chi connectivity index (χ0) is 22.1. The second-order valence-electron chi connectivity index (χ2n) is 6.61. The summed E-state index contributed by atoms with van der Waals surface area (Å²) in [6.45, 7) is 6.41. The number of nitrogens with one attached hydrogen (secondary N) is 1. The average molecular weight is 456 g/mol. The molecule has 162 valence electrons. The third-order valence-corrected chi connectivity index (χ3v) is 4.30. The summed E-state index contributed by atoms with van der Waals surface area (Å²) in [5, 5.41) is 9.46. The number of halogens is 5. The lowest BCUT2D eigenvalue weighted by atomic mass is 10.2. The molecule has 2 rings (SSSR count). The Bertz CT molecular complexity index is 760. The molecule has 0 aliphatic rings. The van der Waals surface area contributed by atoms with E-state index in [1.54, 1.807) is 24.3 Å². The molecule has 0 bridgehead atoms. The van der Waals surface area contributed by atoms with Crippen LogP contribution in [0, 0.1) is 5.82 Å². The van der Waals surface area contributed by atoms with Gasteiger partial charge in [0.2, 0.25) is 0 Å². The average Bonchev–Trinajstić information content (AvgIpc) is 2.60. The Balaban J connectivity index is 0.000000308. The SMILES string of the molecule is CC(C)(C)SNC(CCO)c1nccnc1Cl.Fc1ccccc1OC(F)(F)F. The van der Waals surface area contributed by atoms with Gasteiger partial charge in [0.05, 0.1) is 11.7 Å². The number of benzene rings is 1. The van der Waals surface area contributed by atoms with Crippen molar-refractivity contribution in [1.82, 2.24) is 14.7 Å². The van der Waals surface area contributed by atoms with E-state index >= 15 is 0 Å². The Hall–Kier alpha value is -1.62. The summed E-state index contributed by atoms with van der Waals surface area (Å²) in [7, 11) is 0. The number of hydrogen-bond acceptors (Lipinski definition) is 6. The number of aliphatic hydroxyl groups excluding tert-OH is 1. The van der Waals surface area contributed by atoms with Crippen LogP contribution in [0.15, 0.2) is 36.7 Å². The van der Waals surface area contributed by atoms with Crippen LogP contribution in [-0.2, 0) is 0 Å². The zero-order valence-corrected chi connectivity index (χ0v) is 17.6. The molecule has 1 heterocycles. The Morgan fingerprint density at radius 3 is 2.31 bits per heavy atom. The lowest BCUT2D eigenvalue weighted by Crippen LogP contribution is -2.23. The number of alkyl halides is 3. The molecule has 2 N–H and O–H groups in total. The van der Waals surface area contributed by atoms with Crippen LogP contribution in [0.25, 0.3) is 0 Å². The second-order valence-corrected chi connectivity index (χ2v) is 8.63. The van der Waals surface area contributed by atoms with Crippen molar-refractivity contribution in [3.8, 4) is 5.75 Å². The highest BCUT2D eigenvalue weighted by Crippen LogP contribution is 2.28. The number of ether oxygens (including phenoxy) is 1. The lowest BCUT2D eigenvalue weighted by Gasteiger charge is -2.23. The fourth-order valence-electron chi connectivity index (χ4n) is 1.85. The smallest absolute Gasteiger partial charge is 0.403 e. The minimum Gasteiger partial charge on any atom is -0.403 e. The summed E-state index contributed by atoms with van der Waals surface area (Å²) in [6.07, 6.45) is -1.13. The highest BCUT2D eigenvalue weighted by Gasteiger charge is 2.32. The number of aromatic nitrogens is 2. The molecular weight excluding hydrogens is 434 g/mol. The van der Waals surface area contributed by atoms with Crippen LogP contribution in [0.2, 0.25) is 5.15 Å². The van der Waals surface area contributed by atoms with Crippen LogP contribution in [0.3, 0.4) is 0 Å². The molecule has 2 aromatic rings. The predicted octanol–water partition coefficient (Wildman–Crippen LogP) is 5.31. The second kappa shape index (κ2) is 11.5. The molecule has 0 saturated carbocycles. The van der Waals surface area contributed by atoms with E-state index in [0.29, 0.717) is 17.3 Å². The fourth-order valence-corrected chi connectivity index (χ4v) is 2.81. The summed E-state index contributed by atoms with van der Waals surface area (Å²) in [5.74, 6) is -1.85. The standard InChI is InChI=1S/C11H18ClN3OS.C7H4F4O/c1-11(2,3)17-15-8(4-7-16)9-10(12)14-6-5-13-9;8-5-3-1-2-4-6(5)12-7(9,10)11/h5-6,8,15-16H,4,7H2,1-3H3;1-4H. The maximum Gasteiger partial charge on any atom is 0.573 e. The molecule has 5 nitrogen and oxygen atoms in total. The largest absolute Gasteiger partial charge is 0.573 e. The molecule has 0 radical (unpaired) electrons. The van der Waals surface area contributed by atoms with Crippen molar-refractivity contribution in [3.05, 3.63) is 53.3 Å². The fraction of sp³-hybridized carbons (Fsp3) is 0.444. The van der Waals surface area contributed by atoms with Crippen LogP contribution in [0.4, 0.5) is 17.6 Å². The topological polar surface area (TPSA) is 67.3 Å². The van der Waals surface area contributed by atoms with Crippen LogP contribution < -0.4 is 9.46 Å². The maximum absolute atomic E-state index is 12.5. The van der Waals surface area contributed by atoms with E-state index in [0.717, 1.165) is 12.1 Å². The highest BCUT2D eigenvalue weighted by atomic mass is 35.5. The van der Waals surface area contributed by atoms with E-state index in [-0.39, 0.29) is 17.4 Å². The summed E-state index contributed by atoms with van der Waals surface area (Å²) >= 11 is 7.60. The number of aliphatic hydroxyl groups is 1. The van der Waals surface area contributed by atoms with E-state index in [1.807, 2.05) is 0 Å². The first-order valence-corrected chi connectivity index (χ1v) is 9.63. The Morgan fingerprint density at radius 2 is 1.79 bits per heavy atom. The van der Waals surface area contributed by atoms with Gasteiger partial charge in [0.15, 0.2) is 16.7 Å². The molecule has 29 heavy (non-hydrogen) atoms. The van der Waals surface area contributed by atoms with Gasteiger partial charge in [-0.1, -0.05) is 35.7 Å². The number of hydrogen-bond donors (Lipinski definition) is 2. The van der Waals surface area contributed by atoms with Gasteiger partial charge in [-0.15, -0.1) is 13.2 Å². The van der Waals surface area contributed by atoms with Crippen LogP contribution in [0.1, 0.15) is 38.9 Å². The van der Waals surface area contributed by atoms with E-state index < -0.39 is 17.9 Å². The Morgan fingerprint density at radius 1 is 1.17 bits per heavy atom. The van der Waals surface area contributed by atoms with Crippen molar-refractivity contribution in [2.75, 3.05) is 6.61 Å².